The van der Waals surface area contributed by atoms with E-state index in [1.807, 2.05) is 23.6 Å². The van der Waals surface area contributed by atoms with E-state index in [0.717, 1.165) is 24.3 Å². The minimum Gasteiger partial charge on any atom is -0.344 e. The van der Waals surface area contributed by atoms with E-state index >= 15 is 0 Å². The van der Waals surface area contributed by atoms with Crippen molar-refractivity contribution in [1.82, 2.24) is 10.2 Å². The Bertz CT molecular complexity index is 303. The van der Waals surface area contributed by atoms with Crippen molar-refractivity contribution in [2.24, 2.45) is 0 Å². The maximum atomic E-state index is 12.3. The molecule has 2 heterocycles. The second-order valence-electron chi connectivity index (χ2n) is 4.65. The molecule has 96 valence electrons. The number of thioether (sulfide) groups is 1. The molecule has 2 amide bonds. The van der Waals surface area contributed by atoms with Crippen molar-refractivity contribution in [3.8, 4) is 0 Å². The van der Waals surface area contributed by atoms with Gasteiger partial charge in [-0.05, 0) is 30.8 Å². The number of carbonyl (C=O) groups is 2. The maximum Gasteiger partial charge on any atom is 0.245 e. The topological polar surface area (TPSA) is 49.4 Å². The normalized spacial score (nSPS) is 27.8. The minimum absolute atomic E-state index is 0.0119. The zero-order valence-corrected chi connectivity index (χ0v) is 11.1. The van der Waals surface area contributed by atoms with Gasteiger partial charge in [-0.15, -0.1) is 0 Å². The molecule has 2 aliphatic rings. The highest BCUT2D eigenvalue weighted by Gasteiger charge is 2.33. The molecule has 4 nitrogen and oxygen atoms in total. The van der Waals surface area contributed by atoms with Crippen LogP contribution in [0.3, 0.4) is 0 Å². The molecule has 0 bridgehead atoms. The average Bonchev–Trinajstić information content (AvgIpc) is 2.50. The van der Waals surface area contributed by atoms with Crippen LogP contribution in [0.5, 0.6) is 0 Å². The fraction of sp³-hybridized carbons (Fsp3) is 0.833. The highest BCUT2D eigenvalue weighted by Crippen LogP contribution is 2.23. The molecule has 0 aromatic rings. The van der Waals surface area contributed by atoms with E-state index in [9.17, 15) is 9.59 Å². The van der Waals surface area contributed by atoms with Gasteiger partial charge in [0.2, 0.25) is 11.8 Å². The first-order valence-electron chi connectivity index (χ1n) is 6.40. The molecule has 17 heavy (non-hydrogen) atoms. The molecule has 2 saturated heterocycles. The van der Waals surface area contributed by atoms with Crippen LogP contribution in [0.15, 0.2) is 0 Å². The summed E-state index contributed by atoms with van der Waals surface area (Å²) in [6, 6.07) is 0.0464. The zero-order valence-electron chi connectivity index (χ0n) is 10.3. The van der Waals surface area contributed by atoms with Gasteiger partial charge in [-0.25, -0.2) is 0 Å². The molecule has 0 spiro atoms. The van der Waals surface area contributed by atoms with Crippen LogP contribution in [0.4, 0.5) is 0 Å². The molecule has 5 heteroatoms. The van der Waals surface area contributed by atoms with Gasteiger partial charge in [0.05, 0.1) is 0 Å². The maximum absolute atomic E-state index is 12.3. The van der Waals surface area contributed by atoms with Crippen LogP contribution in [0.25, 0.3) is 0 Å². The first-order chi connectivity index (χ1) is 8.22. The second kappa shape index (κ2) is 5.76. The summed E-state index contributed by atoms with van der Waals surface area (Å²) in [5.74, 6) is 2.40. The Morgan fingerprint density at radius 2 is 2.06 bits per heavy atom. The van der Waals surface area contributed by atoms with Crippen LogP contribution in [0.1, 0.15) is 32.6 Å². The fourth-order valence-electron chi connectivity index (χ4n) is 2.50. The number of amides is 2. The smallest absolute Gasteiger partial charge is 0.245 e. The molecule has 0 aliphatic carbocycles. The Morgan fingerprint density at radius 3 is 2.71 bits per heavy atom. The molecule has 0 saturated carbocycles. The highest BCUT2D eigenvalue weighted by molar-refractivity contribution is 7.99. The summed E-state index contributed by atoms with van der Waals surface area (Å²) < 4.78 is 0. The molecule has 1 N–H and O–H groups in total. The number of hydrogen-bond acceptors (Lipinski definition) is 3. The van der Waals surface area contributed by atoms with E-state index in [0.29, 0.717) is 25.4 Å². The molecular weight excluding hydrogens is 236 g/mol. The number of carbonyl (C=O) groups excluding carboxylic acids is 2. The van der Waals surface area contributed by atoms with Gasteiger partial charge < -0.3 is 10.2 Å². The molecule has 0 aromatic carbocycles. The number of nitrogens with one attached hydrogen (secondary N) is 1. The van der Waals surface area contributed by atoms with Crippen molar-refractivity contribution >= 4 is 23.6 Å². The lowest BCUT2D eigenvalue weighted by atomic mass is 10.1. The Labute approximate surface area is 106 Å². The van der Waals surface area contributed by atoms with E-state index in [2.05, 4.69) is 5.32 Å². The van der Waals surface area contributed by atoms with Crippen molar-refractivity contribution in [3.63, 3.8) is 0 Å². The van der Waals surface area contributed by atoms with Crippen molar-refractivity contribution in [2.45, 2.75) is 44.7 Å². The summed E-state index contributed by atoms with van der Waals surface area (Å²) in [5.41, 5.74) is 0. The predicted octanol–water partition coefficient (Wildman–Crippen LogP) is 1.01. The lowest BCUT2D eigenvalue weighted by Crippen LogP contribution is -2.49. The monoisotopic (exact) mass is 256 g/mol. The molecule has 1 atom stereocenters. The zero-order chi connectivity index (χ0) is 12.3. The number of nitrogens with zero attached hydrogens (tertiary/aromatic N) is 1. The van der Waals surface area contributed by atoms with Crippen LogP contribution in [0.2, 0.25) is 0 Å². The quantitative estimate of drug-likeness (QED) is 0.802. The summed E-state index contributed by atoms with van der Waals surface area (Å²) in [6.07, 6.45) is 3.27. The third-order valence-electron chi connectivity index (χ3n) is 3.54. The summed E-state index contributed by atoms with van der Waals surface area (Å²) in [4.78, 5) is 25.8. The first kappa shape index (κ1) is 12.7. The van der Waals surface area contributed by atoms with Crippen LogP contribution in [-0.2, 0) is 9.59 Å². The Balaban J connectivity index is 2.08. The van der Waals surface area contributed by atoms with Crippen LogP contribution in [-0.4, -0.2) is 46.8 Å². The Morgan fingerprint density at radius 1 is 1.35 bits per heavy atom. The minimum atomic E-state index is -0.306. The lowest BCUT2D eigenvalue weighted by Gasteiger charge is -2.34. The Hall–Kier alpha value is -0.710. The van der Waals surface area contributed by atoms with Crippen LogP contribution >= 0.6 is 11.8 Å². The van der Waals surface area contributed by atoms with E-state index in [1.165, 1.54) is 0 Å². The molecule has 2 aliphatic heterocycles. The van der Waals surface area contributed by atoms with Crippen molar-refractivity contribution < 1.29 is 9.59 Å². The second-order valence-corrected chi connectivity index (χ2v) is 5.88. The van der Waals surface area contributed by atoms with Gasteiger partial charge in [-0.2, -0.15) is 11.8 Å². The largest absolute Gasteiger partial charge is 0.344 e. The number of hydrogen-bond donors (Lipinski definition) is 1. The SMILES string of the molecule is CCC1NC(=O)CCN(C2CCSCC2)C1=O. The molecular formula is C12H20N2O2S. The summed E-state index contributed by atoms with van der Waals surface area (Å²) in [7, 11) is 0. The van der Waals surface area contributed by atoms with E-state index in [4.69, 9.17) is 0 Å². The molecule has 0 aromatic heterocycles. The van der Waals surface area contributed by atoms with E-state index in [-0.39, 0.29) is 17.9 Å². The first-order valence-corrected chi connectivity index (χ1v) is 7.55. The van der Waals surface area contributed by atoms with Crippen LogP contribution < -0.4 is 5.32 Å². The van der Waals surface area contributed by atoms with Crippen LogP contribution in [0, 0.1) is 0 Å². The molecule has 2 rings (SSSR count). The predicted molar refractivity (Wildman–Crippen MR) is 68.9 cm³/mol. The molecule has 0 radical (unpaired) electrons. The summed E-state index contributed by atoms with van der Waals surface area (Å²) >= 11 is 1.96. The fourth-order valence-corrected chi connectivity index (χ4v) is 3.58. The summed E-state index contributed by atoms with van der Waals surface area (Å²) in [5, 5.41) is 2.81. The van der Waals surface area contributed by atoms with Crippen molar-refractivity contribution in [1.29, 1.82) is 0 Å². The summed E-state index contributed by atoms with van der Waals surface area (Å²) in [6.45, 7) is 2.54. The van der Waals surface area contributed by atoms with Gasteiger partial charge in [0.1, 0.15) is 6.04 Å². The standard InChI is InChI=1S/C12H20N2O2S/c1-2-10-12(16)14(6-3-11(15)13-10)9-4-7-17-8-5-9/h9-10H,2-8H2,1H3,(H,13,15). The van der Waals surface area contributed by atoms with E-state index in [1.54, 1.807) is 0 Å². The van der Waals surface area contributed by atoms with Gasteiger partial charge in [-0.1, -0.05) is 6.92 Å². The third kappa shape index (κ3) is 2.94. The van der Waals surface area contributed by atoms with Crippen molar-refractivity contribution in [3.05, 3.63) is 0 Å². The van der Waals surface area contributed by atoms with Crippen molar-refractivity contribution in [2.75, 3.05) is 18.1 Å². The molecule has 2 fully saturated rings. The lowest BCUT2D eigenvalue weighted by molar-refractivity contribution is -0.135. The van der Waals surface area contributed by atoms with E-state index < -0.39 is 0 Å². The average molecular weight is 256 g/mol. The Kier molecular flexibility index (Phi) is 4.31. The van der Waals surface area contributed by atoms with Gasteiger partial charge in [0.25, 0.3) is 0 Å². The van der Waals surface area contributed by atoms with Gasteiger partial charge in [0, 0.05) is 19.0 Å². The number of rotatable bonds is 2. The van der Waals surface area contributed by atoms with Gasteiger partial charge in [-0.3, -0.25) is 9.59 Å². The highest BCUT2D eigenvalue weighted by atomic mass is 32.2. The molecule has 1 unspecified atom stereocenters. The van der Waals surface area contributed by atoms with Gasteiger partial charge in [0.15, 0.2) is 0 Å². The van der Waals surface area contributed by atoms with Gasteiger partial charge >= 0.3 is 0 Å². The third-order valence-corrected chi connectivity index (χ3v) is 4.58.